The van der Waals surface area contributed by atoms with E-state index in [1.165, 1.54) is 0 Å². The number of ketones is 1. The van der Waals surface area contributed by atoms with E-state index in [1.54, 1.807) is 56.3 Å². The first-order valence-electron chi connectivity index (χ1n) is 6.76. The lowest BCUT2D eigenvalue weighted by atomic mass is 10.1. The van der Waals surface area contributed by atoms with Crippen LogP contribution in [0.1, 0.15) is 15.9 Å². The fourth-order valence-corrected chi connectivity index (χ4v) is 2.55. The van der Waals surface area contributed by atoms with Gasteiger partial charge in [0.25, 0.3) is 0 Å². The lowest BCUT2D eigenvalue weighted by Gasteiger charge is -2.06. The molecule has 2 rings (SSSR count). The Hall–Kier alpha value is -2.20. The summed E-state index contributed by atoms with van der Waals surface area (Å²) in [6.07, 6.45) is 5.34. The maximum atomic E-state index is 12.2. The second kappa shape index (κ2) is 7.71. The number of thioether (sulfide) groups is 1. The highest BCUT2D eigenvalue weighted by Crippen LogP contribution is 2.28. The van der Waals surface area contributed by atoms with E-state index < -0.39 is 0 Å². The van der Waals surface area contributed by atoms with Crippen molar-refractivity contribution in [1.29, 1.82) is 0 Å². The molecule has 22 heavy (non-hydrogen) atoms. The molecular weight excluding hydrogens is 296 g/mol. The van der Waals surface area contributed by atoms with Crippen molar-refractivity contribution in [2.75, 3.05) is 20.5 Å². The summed E-state index contributed by atoms with van der Waals surface area (Å²) in [5.74, 6) is 1.42. The monoisotopic (exact) mass is 314 g/mol. The van der Waals surface area contributed by atoms with Crippen LogP contribution in [0.25, 0.3) is 6.08 Å². The van der Waals surface area contributed by atoms with Crippen LogP contribution in [0.4, 0.5) is 0 Å². The average molecular weight is 314 g/mol. The SMILES string of the molecule is COc1cccc(C(=O)C=Cc2ccc(SC)c(OC)c2)c1. The molecule has 0 aliphatic carbocycles. The fraction of sp³-hybridized carbons (Fsp3) is 0.167. The predicted molar refractivity (Wildman–Crippen MR) is 91.1 cm³/mol. The number of carbonyl (C=O) groups excluding carboxylic acids is 1. The third kappa shape index (κ3) is 3.92. The summed E-state index contributed by atoms with van der Waals surface area (Å²) in [6, 6.07) is 13.0. The van der Waals surface area contributed by atoms with Gasteiger partial charge in [0.05, 0.1) is 14.2 Å². The molecule has 0 radical (unpaired) electrons. The van der Waals surface area contributed by atoms with E-state index in [9.17, 15) is 4.79 Å². The van der Waals surface area contributed by atoms with Crippen molar-refractivity contribution in [3.63, 3.8) is 0 Å². The standard InChI is InChI=1S/C18H18O3S/c1-20-15-6-4-5-14(12-15)16(19)9-7-13-8-10-18(22-3)17(11-13)21-2/h4-12H,1-3H3. The molecular formula is C18H18O3S. The van der Waals surface area contributed by atoms with Crippen molar-refractivity contribution < 1.29 is 14.3 Å². The third-order valence-corrected chi connectivity index (χ3v) is 3.97. The first-order valence-corrected chi connectivity index (χ1v) is 7.99. The van der Waals surface area contributed by atoms with Gasteiger partial charge in [-0.15, -0.1) is 11.8 Å². The number of methoxy groups -OCH3 is 2. The van der Waals surface area contributed by atoms with Gasteiger partial charge in [-0.3, -0.25) is 4.79 Å². The summed E-state index contributed by atoms with van der Waals surface area (Å²) in [5, 5.41) is 0. The molecule has 0 aliphatic heterocycles. The predicted octanol–water partition coefficient (Wildman–Crippen LogP) is 4.32. The molecule has 0 saturated heterocycles. The Kier molecular flexibility index (Phi) is 5.67. The van der Waals surface area contributed by atoms with Gasteiger partial charge in [-0.05, 0) is 42.2 Å². The molecule has 0 aromatic heterocycles. The highest BCUT2D eigenvalue weighted by molar-refractivity contribution is 7.98. The number of ether oxygens (including phenoxy) is 2. The van der Waals surface area contributed by atoms with Crippen LogP contribution in [0.5, 0.6) is 11.5 Å². The smallest absolute Gasteiger partial charge is 0.185 e. The molecule has 0 unspecified atom stereocenters. The van der Waals surface area contributed by atoms with Gasteiger partial charge in [-0.1, -0.05) is 24.3 Å². The maximum Gasteiger partial charge on any atom is 0.185 e. The van der Waals surface area contributed by atoms with E-state index in [0.717, 1.165) is 16.2 Å². The highest BCUT2D eigenvalue weighted by Gasteiger charge is 2.04. The normalized spacial score (nSPS) is 10.7. The summed E-state index contributed by atoms with van der Waals surface area (Å²) >= 11 is 1.62. The molecule has 2 aromatic carbocycles. The molecule has 0 amide bonds. The van der Waals surface area contributed by atoms with Crippen LogP contribution in [-0.4, -0.2) is 26.3 Å². The minimum absolute atomic E-state index is 0.0631. The fourth-order valence-electron chi connectivity index (χ4n) is 2.00. The van der Waals surface area contributed by atoms with Crippen molar-refractivity contribution in [2.24, 2.45) is 0 Å². The molecule has 0 fully saturated rings. The first kappa shape index (κ1) is 16.2. The van der Waals surface area contributed by atoms with Crippen LogP contribution in [0.15, 0.2) is 53.4 Å². The Bertz CT molecular complexity index is 692. The van der Waals surface area contributed by atoms with Crippen LogP contribution >= 0.6 is 11.8 Å². The highest BCUT2D eigenvalue weighted by atomic mass is 32.2. The third-order valence-electron chi connectivity index (χ3n) is 3.19. The zero-order valence-electron chi connectivity index (χ0n) is 12.8. The van der Waals surface area contributed by atoms with Gasteiger partial charge >= 0.3 is 0 Å². The summed E-state index contributed by atoms with van der Waals surface area (Å²) in [5.41, 5.74) is 1.52. The molecule has 114 valence electrons. The number of allylic oxidation sites excluding steroid dienone is 1. The van der Waals surface area contributed by atoms with Crippen LogP contribution in [0, 0.1) is 0 Å². The molecule has 3 nitrogen and oxygen atoms in total. The van der Waals surface area contributed by atoms with E-state index in [4.69, 9.17) is 9.47 Å². The zero-order valence-corrected chi connectivity index (χ0v) is 13.6. The van der Waals surface area contributed by atoms with E-state index in [-0.39, 0.29) is 5.78 Å². The van der Waals surface area contributed by atoms with Crippen LogP contribution < -0.4 is 9.47 Å². The largest absolute Gasteiger partial charge is 0.497 e. The molecule has 2 aromatic rings. The van der Waals surface area contributed by atoms with E-state index in [2.05, 4.69) is 0 Å². The van der Waals surface area contributed by atoms with Gasteiger partial charge < -0.3 is 9.47 Å². The molecule has 0 saturated carbocycles. The van der Waals surface area contributed by atoms with Gasteiger partial charge in [0.15, 0.2) is 5.78 Å². The maximum absolute atomic E-state index is 12.2. The summed E-state index contributed by atoms with van der Waals surface area (Å²) in [6.45, 7) is 0. The number of carbonyl (C=O) groups is 1. The number of rotatable bonds is 6. The van der Waals surface area contributed by atoms with Gasteiger partial charge in [0, 0.05) is 10.5 Å². The molecule has 0 bridgehead atoms. The first-order chi connectivity index (χ1) is 10.7. The van der Waals surface area contributed by atoms with Crippen molar-refractivity contribution in [1.82, 2.24) is 0 Å². The molecule has 0 atom stereocenters. The van der Waals surface area contributed by atoms with E-state index >= 15 is 0 Å². The van der Waals surface area contributed by atoms with Gasteiger partial charge in [-0.2, -0.15) is 0 Å². The Morgan fingerprint density at radius 3 is 2.59 bits per heavy atom. The van der Waals surface area contributed by atoms with Crippen molar-refractivity contribution in [2.45, 2.75) is 4.90 Å². The molecule has 0 heterocycles. The van der Waals surface area contributed by atoms with Gasteiger partial charge in [0.2, 0.25) is 0 Å². The number of hydrogen-bond acceptors (Lipinski definition) is 4. The topological polar surface area (TPSA) is 35.5 Å². The van der Waals surface area contributed by atoms with Gasteiger partial charge in [0.1, 0.15) is 11.5 Å². The molecule has 0 spiro atoms. The minimum atomic E-state index is -0.0631. The minimum Gasteiger partial charge on any atom is -0.497 e. The number of benzene rings is 2. The van der Waals surface area contributed by atoms with Crippen molar-refractivity contribution in [3.8, 4) is 11.5 Å². The van der Waals surface area contributed by atoms with E-state index in [0.29, 0.717) is 11.3 Å². The summed E-state index contributed by atoms with van der Waals surface area (Å²) in [4.78, 5) is 13.3. The van der Waals surface area contributed by atoms with Gasteiger partial charge in [-0.25, -0.2) is 0 Å². The van der Waals surface area contributed by atoms with Crippen LogP contribution in [0.2, 0.25) is 0 Å². The summed E-state index contributed by atoms with van der Waals surface area (Å²) < 4.78 is 10.5. The molecule has 0 aliphatic rings. The zero-order chi connectivity index (χ0) is 15.9. The molecule has 0 N–H and O–H groups in total. The van der Waals surface area contributed by atoms with Crippen LogP contribution in [0.3, 0.4) is 0 Å². The van der Waals surface area contributed by atoms with E-state index in [1.807, 2.05) is 30.5 Å². The second-order valence-electron chi connectivity index (χ2n) is 4.54. The Labute approximate surface area is 135 Å². The van der Waals surface area contributed by atoms with Crippen molar-refractivity contribution in [3.05, 3.63) is 59.7 Å². The Morgan fingerprint density at radius 2 is 1.91 bits per heavy atom. The Morgan fingerprint density at radius 1 is 1.09 bits per heavy atom. The molecule has 4 heteroatoms. The lowest BCUT2D eigenvalue weighted by molar-refractivity contribution is 0.104. The van der Waals surface area contributed by atoms with Crippen LogP contribution in [-0.2, 0) is 0 Å². The lowest BCUT2D eigenvalue weighted by Crippen LogP contribution is -1.95. The average Bonchev–Trinajstić information content (AvgIpc) is 2.59. The Balaban J connectivity index is 2.18. The quantitative estimate of drug-likeness (QED) is 0.452. The van der Waals surface area contributed by atoms with Crippen molar-refractivity contribution >= 4 is 23.6 Å². The second-order valence-corrected chi connectivity index (χ2v) is 5.39. The number of hydrogen-bond donors (Lipinski definition) is 0. The summed E-state index contributed by atoms with van der Waals surface area (Å²) in [7, 11) is 3.23.